The molecule has 1 nitrogen and oxygen atoms in total. The molecule has 0 aliphatic rings. The van der Waals surface area contributed by atoms with E-state index in [0.717, 1.165) is 36.8 Å². The predicted octanol–water partition coefficient (Wildman–Crippen LogP) is 9.58. The molecular formula is C32H31ClF4O. The molecule has 0 atom stereocenters. The summed E-state index contributed by atoms with van der Waals surface area (Å²) in [6.45, 7) is 2.56. The van der Waals surface area contributed by atoms with Gasteiger partial charge in [0.05, 0.1) is 11.6 Å². The summed E-state index contributed by atoms with van der Waals surface area (Å²) < 4.78 is 63.7. The van der Waals surface area contributed by atoms with Crippen LogP contribution in [0.2, 0.25) is 5.02 Å². The third-order valence-corrected chi connectivity index (χ3v) is 7.12. The Morgan fingerprint density at radius 3 is 2.13 bits per heavy atom. The Morgan fingerprint density at radius 2 is 1.39 bits per heavy atom. The van der Waals surface area contributed by atoms with Crippen molar-refractivity contribution in [3.05, 3.63) is 111 Å². The second kappa shape index (κ2) is 13.1. The average molecular weight is 543 g/mol. The quantitative estimate of drug-likeness (QED) is 0.128. The monoisotopic (exact) mass is 542 g/mol. The Labute approximate surface area is 226 Å². The number of hydrogen-bond acceptors (Lipinski definition) is 1. The van der Waals surface area contributed by atoms with Gasteiger partial charge in [0.1, 0.15) is 29.0 Å². The number of hydrogen-bond donors (Lipinski definition) is 0. The molecule has 0 radical (unpaired) electrons. The van der Waals surface area contributed by atoms with Crippen molar-refractivity contribution in [1.29, 1.82) is 0 Å². The SMILES string of the molecule is CCCCCCOc1cc(F)c(CCc2ccc3c(F)c(CCc4ccc(Cl)c(F)c4)ccc3c2)c(F)c1. The number of unbranched alkanes of at least 4 members (excludes halogenated alkanes) is 3. The summed E-state index contributed by atoms with van der Waals surface area (Å²) in [5.41, 5.74) is 2.16. The molecule has 0 saturated heterocycles. The van der Waals surface area contributed by atoms with E-state index >= 15 is 4.39 Å². The van der Waals surface area contributed by atoms with Gasteiger partial charge >= 0.3 is 0 Å². The van der Waals surface area contributed by atoms with Gasteiger partial charge in [-0.2, -0.15) is 0 Å². The van der Waals surface area contributed by atoms with Crippen LogP contribution in [-0.4, -0.2) is 6.61 Å². The van der Waals surface area contributed by atoms with E-state index in [1.165, 1.54) is 24.3 Å². The first-order valence-corrected chi connectivity index (χ1v) is 13.5. The van der Waals surface area contributed by atoms with E-state index in [9.17, 15) is 13.2 Å². The smallest absolute Gasteiger partial charge is 0.142 e. The molecular weight excluding hydrogens is 512 g/mol. The van der Waals surface area contributed by atoms with Gasteiger partial charge < -0.3 is 4.74 Å². The lowest BCUT2D eigenvalue weighted by Gasteiger charge is -2.11. The highest BCUT2D eigenvalue weighted by atomic mass is 35.5. The number of ether oxygens (including phenoxy) is 1. The normalized spacial score (nSPS) is 11.3. The third-order valence-electron chi connectivity index (χ3n) is 6.81. The van der Waals surface area contributed by atoms with Crippen molar-refractivity contribution in [1.82, 2.24) is 0 Å². The van der Waals surface area contributed by atoms with Crippen LogP contribution >= 0.6 is 11.6 Å². The first kappa shape index (κ1) is 28.0. The Bertz CT molecular complexity index is 1380. The van der Waals surface area contributed by atoms with E-state index in [1.807, 2.05) is 12.1 Å². The predicted molar refractivity (Wildman–Crippen MR) is 146 cm³/mol. The summed E-state index contributed by atoms with van der Waals surface area (Å²) in [5, 5.41) is 1.26. The minimum absolute atomic E-state index is 0.0172. The van der Waals surface area contributed by atoms with Gasteiger partial charge in [-0.3, -0.25) is 0 Å². The molecule has 0 bridgehead atoms. The number of fused-ring (bicyclic) bond motifs is 1. The van der Waals surface area contributed by atoms with E-state index in [-0.39, 0.29) is 28.6 Å². The summed E-state index contributed by atoms with van der Waals surface area (Å²) in [6.07, 6.45) is 5.59. The Hall–Kier alpha value is -3.05. The standard InChI is InChI=1S/C32H31ClF4O/c1-2-3-4-5-16-38-25-19-29(34)27(30(35)20-25)14-8-21-7-13-26-24(17-21)12-11-23(32(26)37)10-6-22-9-15-28(33)31(36)18-22/h7,9,11-13,15,17-20H,2-6,8,10,14,16H2,1H3. The van der Waals surface area contributed by atoms with E-state index in [2.05, 4.69) is 6.92 Å². The van der Waals surface area contributed by atoms with Crippen LogP contribution in [0, 0.1) is 23.3 Å². The van der Waals surface area contributed by atoms with Crippen molar-refractivity contribution in [2.24, 2.45) is 0 Å². The number of aryl methyl sites for hydroxylation is 3. The maximum absolute atomic E-state index is 15.2. The number of benzene rings is 4. The van der Waals surface area contributed by atoms with Crippen molar-refractivity contribution in [3.63, 3.8) is 0 Å². The Morgan fingerprint density at radius 1 is 0.684 bits per heavy atom. The van der Waals surface area contributed by atoms with Gasteiger partial charge in [0.2, 0.25) is 0 Å². The fourth-order valence-corrected chi connectivity index (χ4v) is 4.72. The van der Waals surface area contributed by atoms with Gasteiger partial charge in [-0.25, -0.2) is 17.6 Å². The fraction of sp³-hybridized carbons (Fsp3) is 0.312. The van der Waals surface area contributed by atoms with Crippen LogP contribution in [0.3, 0.4) is 0 Å². The highest BCUT2D eigenvalue weighted by Crippen LogP contribution is 2.26. The van der Waals surface area contributed by atoms with Gasteiger partial charge in [0, 0.05) is 23.1 Å². The van der Waals surface area contributed by atoms with Crippen molar-refractivity contribution in [3.8, 4) is 5.75 Å². The molecule has 0 saturated carbocycles. The topological polar surface area (TPSA) is 9.23 Å². The van der Waals surface area contributed by atoms with Gasteiger partial charge in [-0.15, -0.1) is 0 Å². The molecule has 200 valence electrons. The van der Waals surface area contributed by atoms with Crippen LogP contribution < -0.4 is 4.74 Å². The second-order valence-electron chi connectivity index (χ2n) is 9.62. The molecule has 0 amide bonds. The first-order valence-electron chi connectivity index (χ1n) is 13.1. The van der Waals surface area contributed by atoms with Gasteiger partial charge in [0.15, 0.2) is 0 Å². The largest absolute Gasteiger partial charge is 0.493 e. The van der Waals surface area contributed by atoms with Crippen molar-refractivity contribution in [2.75, 3.05) is 6.61 Å². The molecule has 4 aromatic carbocycles. The molecule has 6 heteroatoms. The lowest BCUT2D eigenvalue weighted by atomic mass is 9.97. The number of halogens is 5. The van der Waals surface area contributed by atoms with Gasteiger partial charge in [-0.05, 0) is 66.3 Å². The lowest BCUT2D eigenvalue weighted by Crippen LogP contribution is -2.03. The van der Waals surface area contributed by atoms with E-state index in [4.69, 9.17) is 16.3 Å². The minimum atomic E-state index is -0.620. The van der Waals surface area contributed by atoms with E-state index in [0.29, 0.717) is 42.2 Å². The van der Waals surface area contributed by atoms with Gasteiger partial charge in [0.25, 0.3) is 0 Å². The molecule has 0 N–H and O–H groups in total. The van der Waals surface area contributed by atoms with E-state index in [1.54, 1.807) is 24.3 Å². The maximum atomic E-state index is 15.2. The Balaban J connectivity index is 1.39. The summed E-state index contributed by atoms with van der Waals surface area (Å²) in [4.78, 5) is 0. The van der Waals surface area contributed by atoms with Crippen LogP contribution in [0.5, 0.6) is 5.75 Å². The zero-order chi connectivity index (χ0) is 27.1. The average Bonchev–Trinajstić information content (AvgIpc) is 2.89. The van der Waals surface area contributed by atoms with Crippen LogP contribution in [0.4, 0.5) is 17.6 Å². The lowest BCUT2D eigenvalue weighted by molar-refractivity contribution is 0.301. The molecule has 4 rings (SSSR count). The number of rotatable bonds is 12. The van der Waals surface area contributed by atoms with Crippen LogP contribution in [0.1, 0.15) is 54.9 Å². The minimum Gasteiger partial charge on any atom is -0.493 e. The third kappa shape index (κ3) is 7.08. The molecule has 0 aliphatic carbocycles. The highest BCUT2D eigenvalue weighted by Gasteiger charge is 2.14. The molecule has 0 fully saturated rings. The molecule has 0 aromatic heterocycles. The zero-order valence-corrected chi connectivity index (χ0v) is 22.2. The molecule has 4 aromatic rings. The van der Waals surface area contributed by atoms with Gasteiger partial charge in [-0.1, -0.05) is 74.2 Å². The van der Waals surface area contributed by atoms with Crippen molar-refractivity contribution >= 4 is 22.4 Å². The van der Waals surface area contributed by atoms with Crippen LogP contribution in [0.15, 0.2) is 60.7 Å². The Kier molecular flexibility index (Phi) is 9.68. The summed E-state index contributed by atoms with van der Waals surface area (Å²) in [5.74, 6) is -1.84. The van der Waals surface area contributed by atoms with Crippen molar-refractivity contribution in [2.45, 2.75) is 58.3 Å². The molecule has 0 spiro atoms. The molecule has 0 unspecified atom stereocenters. The zero-order valence-electron chi connectivity index (χ0n) is 21.4. The van der Waals surface area contributed by atoms with Crippen molar-refractivity contribution < 1.29 is 22.3 Å². The van der Waals surface area contributed by atoms with Crippen LogP contribution in [0.25, 0.3) is 10.8 Å². The maximum Gasteiger partial charge on any atom is 0.142 e. The van der Waals surface area contributed by atoms with E-state index < -0.39 is 17.5 Å². The molecule has 0 aliphatic heterocycles. The summed E-state index contributed by atoms with van der Waals surface area (Å²) in [7, 11) is 0. The highest BCUT2D eigenvalue weighted by molar-refractivity contribution is 6.30. The molecule has 0 heterocycles. The summed E-state index contributed by atoms with van der Waals surface area (Å²) in [6, 6.07) is 16.0. The second-order valence-corrected chi connectivity index (χ2v) is 10.0. The summed E-state index contributed by atoms with van der Waals surface area (Å²) >= 11 is 5.73. The first-order chi connectivity index (χ1) is 18.4. The van der Waals surface area contributed by atoms with Crippen LogP contribution in [-0.2, 0) is 25.7 Å². The molecule has 38 heavy (non-hydrogen) atoms. The fourth-order valence-electron chi connectivity index (χ4n) is 4.60.